The highest BCUT2D eigenvalue weighted by molar-refractivity contribution is 6.23. The maximum Gasteiger partial charge on any atom is 0.419 e. The second-order valence-corrected chi connectivity index (χ2v) is 9.01. The molecule has 1 aliphatic carbocycles. The number of halogens is 4. The molecule has 8 heteroatoms. The van der Waals surface area contributed by atoms with E-state index in [0.29, 0.717) is 23.0 Å². The molecule has 178 valence electrons. The maximum absolute atomic E-state index is 13.8. The summed E-state index contributed by atoms with van der Waals surface area (Å²) >= 11 is 0. The zero-order valence-corrected chi connectivity index (χ0v) is 18.8. The van der Waals surface area contributed by atoms with Crippen LogP contribution in [0.4, 0.5) is 28.0 Å². The Kier molecular flexibility index (Phi) is 6.10. The normalized spacial score (nSPS) is 19.9. The van der Waals surface area contributed by atoms with Crippen molar-refractivity contribution in [2.45, 2.75) is 44.9 Å². The fraction of sp³-hybridized carbons (Fsp3) is 0.308. The highest BCUT2D eigenvalue weighted by atomic mass is 19.4. The van der Waals surface area contributed by atoms with Gasteiger partial charge in [0, 0.05) is 6.54 Å². The van der Waals surface area contributed by atoms with Gasteiger partial charge in [-0.2, -0.15) is 13.2 Å². The summed E-state index contributed by atoms with van der Waals surface area (Å²) in [6.45, 7) is 3.22. The molecule has 1 unspecified atom stereocenters. The van der Waals surface area contributed by atoms with Crippen molar-refractivity contribution >= 4 is 17.6 Å². The molecule has 1 atom stereocenters. The molecule has 1 aliphatic heterocycles. The number of imide groups is 1. The number of alkyl halides is 3. The fourth-order valence-electron chi connectivity index (χ4n) is 4.35. The predicted octanol–water partition coefficient (Wildman–Crippen LogP) is 6.27. The van der Waals surface area contributed by atoms with Crippen LogP contribution in [-0.2, 0) is 23.9 Å². The Morgan fingerprint density at radius 1 is 1.03 bits per heavy atom. The van der Waals surface area contributed by atoms with E-state index in [1.807, 2.05) is 36.4 Å². The van der Waals surface area contributed by atoms with Crippen molar-refractivity contribution in [1.29, 1.82) is 0 Å². The highest BCUT2D eigenvalue weighted by Crippen LogP contribution is 2.38. The lowest BCUT2D eigenvalue weighted by atomic mass is 9.90. The van der Waals surface area contributed by atoms with E-state index in [-0.39, 0.29) is 12.2 Å². The van der Waals surface area contributed by atoms with Gasteiger partial charge in [-0.1, -0.05) is 48.6 Å². The van der Waals surface area contributed by atoms with Gasteiger partial charge in [0.05, 0.1) is 11.3 Å². The molecule has 0 N–H and O–H groups in total. The molecule has 1 heterocycles. The van der Waals surface area contributed by atoms with Crippen LogP contribution in [0.2, 0.25) is 0 Å². The summed E-state index contributed by atoms with van der Waals surface area (Å²) in [5.41, 5.74) is -1.25. The minimum atomic E-state index is -4.96. The average Bonchev–Trinajstić information content (AvgIpc) is 2.95. The van der Waals surface area contributed by atoms with Crippen LogP contribution in [0.25, 0.3) is 0 Å². The van der Waals surface area contributed by atoms with E-state index in [1.165, 1.54) is 4.90 Å². The minimum Gasteiger partial charge on any atom is -0.305 e. The average molecular weight is 472 g/mol. The van der Waals surface area contributed by atoms with Crippen molar-refractivity contribution in [2.75, 3.05) is 4.90 Å². The number of hydrogen-bond donors (Lipinski definition) is 0. The van der Waals surface area contributed by atoms with Crippen LogP contribution in [0, 0.1) is 11.7 Å². The van der Waals surface area contributed by atoms with Crippen LogP contribution in [-0.4, -0.2) is 22.4 Å². The number of hydrogen-bond acceptors (Lipinski definition) is 2. The van der Waals surface area contributed by atoms with Crippen LogP contribution in [0.15, 0.2) is 66.8 Å². The molecule has 0 bridgehead atoms. The third kappa shape index (κ3) is 4.36. The van der Waals surface area contributed by atoms with E-state index in [2.05, 4.69) is 12.2 Å². The van der Waals surface area contributed by atoms with E-state index in [0.717, 1.165) is 30.0 Å². The van der Waals surface area contributed by atoms with Crippen LogP contribution in [0.3, 0.4) is 0 Å². The van der Waals surface area contributed by atoms with Crippen LogP contribution >= 0.6 is 0 Å². The summed E-state index contributed by atoms with van der Waals surface area (Å²) in [4.78, 5) is 28.5. The highest BCUT2D eigenvalue weighted by Gasteiger charge is 2.52. The summed E-state index contributed by atoms with van der Waals surface area (Å²) in [5.74, 6) is -1.83. The number of urea groups is 1. The van der Waals surface area contributed by atoms with Crippen molar-refractivity contribution in [3.05, 3.63) is 89.3 Å². The largest absolute Gasteiger partial charge is 0.419 e. The molecular weight excluding hydrogens is 448 g/mol. The first-order valence-corrected chi connectivity index (χ1v) is 10.9. The number of carbonyl (C=O) groups is 2. The van der Waals surface area contributed by atoms with Crippen molar-refractivity contribution in [2.24, 2.45) is 5.92 Å². The number of rotatable bonds is 5. The molecule has 2 aromatic carbocycles. The fourth-order valence-corrected chi connectivity index (χ4v) is 4.35. The van der Waals surface area contributed by atoms with Crippen LogP contribution in [0.5, 0.6) is 0 Å². The zero-order valence-electron chi connectivity index (χ0n) is 18.8. The number of amides is 3. The second-order valence-electron chi connectivity index (χ2n) is 9.01. The molecular formula is C26H24F4N2O2. The number of nitrogens with zero attached hydrogens (tertiary/aromatic N) is 2. The maximum atomic E-state index is 13.8. The summed E-state index contributed by atoms with van der Waals surface area (Å²) in [6.07, 6.45) is 4.91. The lowest BCUT2D eigenvalue weighted by molar-refractivity contribution is -0.140. The molecule has 0 spiro atoms. The molecule has 1 saturated heterocycles. The van der Waals surface area contributed by atoms with E-state index in [1.54, 1.807) is 13.8 Å². The first kappa shape index (κ1) is 23.7. The number of benzene rings is 2. The lowest BCUT2D eigenvalue weighted by Crippen LogP contribution is -2.43. The quantitative estimate of drug-likeness (QED) is 0.380. The van der Waals surface area contributed by atoms with Crippen LogP contribution in [0.1, 0.15) is 37.0 Å². The van der Waals surface area contributed by atoms with Crippen LogP contribution < -0.4 is 4.90 Å². The van der Waals surface area contributed by atoms with Gasteiger partial charge in [-0.25, -0.2) is 14.1 Å². The molecule has 2 aliphatic rings. The monoisotopic (exact) mass is 472 g/mol. The van der Waals surface area contributed by atoms with Gasteiger partial charge in [0.2, 0.25) is 0 Å². The minimum absolute atomic E-state index is 0.115. The van der Waals surface area contributed by atoms with Crippen molar-refractivity contribution in [3.63, 3.8) is 0 Å². The smallest absolute Gasteiger partial charge is 0.305 e. The van der Waals surface area contributed by atoms with E-state index >= 15 is 0 Å². The number of allylic oxidation sites excluding steroid dienone is 4. The standard InChI is InChI=1S/C26H24F4N2O2/c1-25(2)23(33)32(20-12-13-22(27)21(15-20)26(28,29)30)24(34)31(25)16-19-11-7-6-10-18(19)14-17-8-4-3-5-9-17/h3-8,10-13,15,17H,9,14,16H2,1-2H3. The molecule has 1 fully saturated rings. The summed E-state index contributed by atoms with van der Waals surface area (Å²) in [5, 5.41) is 0. The zero-order chi connectivity index (χ0) is 24.7. The van der Waals surface area contributed by atoms with Gasteiger partial charge >= 0.3 is 12.2 Å². The Balaban J connectivity index is 1.64. The van der Waals surface area contributed by atoms with Crippen molar-refractivity contribution < 1.29 is 27.2 Å². The van der Waals surface area contributed by atoms with Gasteiger partial charge in [0.15, 0.2) is 0 Å². The third-order valence-corrected chi connectivity index (χ3v) is 6.34. The molecule has 0 aromatic heterocycles. The van der Waals surface area contributed by atoms with E-state index in [9.17, 15) is 27.2 Å². The molecule has 34 heavy (non-hydrogen) atoms. The van der Waals surface area contributed by atoms with Gasteiger partial charge in [-0.15, -0.1) is 0 Å². The van der Waals surface area contributed by atoms with Crippen molar-refractivity contribution in [3.8, 4) is 0 Å². The number of carbonyl (C=O) groups excluding carboxylic acids is 2. The first-order chi connectivity index (χ1) is 16.0. The molecule has 4 nitrogen and oxygen atoms in total. The Bertz CT molecular complexity index is 1180. The molecule has 3 amide bonds. The SMILES string of the molecule is CC1(C)C(=O)N(c2ccc(F)c(C(F)(F)F)c2)C(=O)N1Cc1ccccc1CC1C=CC=CC1. The Labute approximate surface area is 195 Å². The predicted molar refractivity (Wildman–Crippen MR) is 120 cm³/mol. The topological polar surface area (TPSA) is 40.6 Å². The van der Waals surface area contributed by atoms with E-state index in [4.69, 9.17) is 0 Å². The Morgan fingerprint density at radius 3 is 2.38 bits per heavy atom. The first-order valence-electron chi connectivity index (χ1n) is 10.9. The summed E-state index contributed by atoms with van der Waals surface area (Å²) < 4.78 is 53.4. The Hall–Kier alpha value is -3.42. The molecule has 4 rings (SSSR count). The van der Waals surface area contributed by atoms with Gasteiger partial charge < -0.3 is 4.90 Å². The molecule has 0 radical (unpaired) electrons. The van der Waals surface area contributed by atoms with Gasteiger partial charge in [-0.3, -0.25) is 4.79 Å². The third-order valence-electron chi connectivity index (χ3n) is 6.34. The molecule has 2 aromatic rings. The number of anilines is 1. The Morgan fingerprint density at radius 2 is 1.74 bits per heavy atom. The lowest BCUT2D eigenvalue weighted by Gasteiger charge is -2.29. The van der Waals surface area contributed by atoms with E-state index < -0.39 is 35.0 Å². The molecule has 0 saturated carbocycles. The van der Waals surface area contributed by atoms with Gasteiger partial charge in [0.1, 0.15) is 11.4 Å². The summed E-state index contributed by atoms with van der Waals surface area (Å²) in [7, 11) is 0. The summed E-state index contributed by atoms with van der Waals surface area (Å²) in [6, 6.07) is 9.00. The van der Waals surface area contributed by atoms with Gasteiger partial charge in [-0.05, 0) is 61.9 Å². The second kappa shape index (κ2) is 8.74. The van der Waals surface area contributed by atoms with Crippen molar-refractivity contribution in [1.82, 2.24) is 4.90 Å². The van der Waals surface area contributed by atoms with Gasteiger partial charge in [0.25, 0.3) is 5.91 Å².